The summed E-state index contributed by atoms with van der Waals surface area (Å²) in [5, 5.41) is 8.19. The molecule has 0 spiro atoms. The Balaban J connectivity index is 3.05. The minimum Gasteiger partial charge on any atom is -0.393 e. The van der Waals surface area contributed by atoms with Gasteiger partial charge >= 0.3 is 6.39 Å². The van der Waals surface area contributed by atoms with E-state index in [9.17, 15) is 0 Å². The molecule has 0 aliphatic heterocycles. The van der Waals surface area contributed by atoms with Gasteiger partial charge in [-0.1, -0.05) is 0 Å². The van der Waals surface area contributed by atoms with E-state index in [-0.39, 0.29) is 0 Å². The zero-order valence-electron chi connectivity index (χ0n) is 4.46. The molecule has 0 bridgehead atoms. The summed E-state index contributed by atoms with van der Waals surface area (Å²) in [6.07, 6.45) is 3.08. The fourth-order valence-electron chi connectivity index (χ4n) is 0.441. The van der Waals surface area contributed by atoms with Crippen molar-refractivity contribution in [2.24, 2.45) is 7.05 Å². The van der Waals surface area contributed by atoms with Crippen LogP contribution in [0.25, 0.3) is 0 Å². The summed E-state index contributed by atoms with van der Waals surface area (Å²) in [6, 6.07) is 1.86. The lowest BCUT2D eigenvalue weighted by Crippen LogP contribution is -2.22. The van der Waals surface area contributed by atoms with E-state index >= 15 is 0 Å². The fraction of sp³-hybridized carbons (Fsp3) is 0.200. The molecule has 0 aromatic carbocycles. The SMILES string of the molecule is C[n+]1coc(C#N)c1. The Labute approximate surface area is 46.8 Å². The number of oxazole rings is 1. The van der Waals surface area contributed by atoms with E-state index in [1.807, 2.05) is 6.07 Å². The second kappa shape index (κ2) is 1.66. The maximum Gasteiger partial charge on any atom is 0.335 e. The van der Waals surface area contributed by atoms with Crippen molar-refractivity contribution in [1.29, 1.82) is 5.26 Å². The molecule has 1 aromatic heterocycles. The van der Waals surface area contributed by atoms with Crippen LogP contribution in [0.2, 0.25) is 0 Å². The van der Waals surface area contributed by atoms with Gasteiger partial charge in [-0.2, -0.15) is 9.83 Å². The molecule has 3 nitrogen and oxygen atoms in total. The number of hydrogen-bond donors (Lipinski definition) is 0. The third-order valence-electron chi connectivity index (χ3n) is 0.777. The van der Waals surface area contributed by atoms with Crippen LogP contribution in [0, 0.1) is 11.3 Å². The Morgan fingerprint density at radius 3 is 2.88 bits per heavy atom. The third kappa shape index (κ3) is 0.684. The molecule has 0 saturated heterocycles. The lowest BCUT2D eigenvalue weighted by atomic mass is 10.6. The van der Waals surface area contributed by atoms with Crippen LogP contribution in [-0.2, 0) is 7.05 Å². The summed E-state index contributed by atoms with van der Waals surface area (Å²) in [6.45, 7) is 0. The first-order chi connectivity index (χ1) is 3.83. The van der Waals surface area contributed by atoms with Gasteiger partial charge in [0.2, 0.25) is 6.20 Å². The van der Waals surface area contributed by atoms with Crippen molar-refractivity contribution in [2.75, 3.05) is 0 Å². The van der Waals surface area contributed by atoms with Gasteiger partial charge in [0, 0.05) is 0 Å². The fourth-order valence-corrected chi connectivity index (χ4v) is 0.441. The number of rotatable bonds is 0. The van der Waals surface area contributed by atoms with E-state index < -0.39 is 0 Å². The molecular formula is C5H5N2O+. The van der Waals surface area contributed by atoms with Gasteiger partial charge < -0.3 is 4.42 Å². The monoisotopic (exact) mass is 109 g/mol. The molecule has 8 heavy (non-hydrogen) atoms. The number of aryl methyl sites for hydroxylation is 1. The zero-order chi connectivity index (χ0) is 5.98. The molecule has 1 aromatic rings. The average Bonchev–Trinajstić information content (AvgIpc) is 2.14. The first-order valence-electron chi connectivity index (χ1n) is 2.17. The Kier molecular flexibility index (Phi) is 1.01. The molecule has 0 saturated carbocycles. The van der Waals surface area contributed by atoms with Gasteiger partial charge in [0.25, 0.3) is 5.76 Å². The third-order valence-corrected chi connectivity index (χ3v) is 0.777. The second-order valence-corrected chi connectivity index (χ2v) is 1.49. The molecule has 1 heterocycles. The standard InChI is InChI=1S/C5H5N2O/c1-7-3-5(2-6)8-4-7/h3-4H,1H3/q+1. The highest BCUT2D eigenvalue weighted by Gasteiger charge is 1.99. The Morgan fingerprint density at radius 1 is 1.88 bits per heavy atom. The van der Waals surface area contributed by atoms with Crippen LogP contribution in [0.1, 0.15) is 5.76 Å². The summed E-state index contributed by atoms with van der Waals surface area (Å²) in [5.74, 6) is 0.340. The van der Waals surface area contributed by atoms with Gasteiger partial charge in [-0.15, -0.1) is 0 Å². The maximum absolute atomic E-state index is 8.19. The van der Waals surface area contributed by atoms with Crippen LogP contribution in [0.4, 0.5) is 0 Å². The van der Waals surface area contributed by atoms with Gasteiger partial charge in [0.15, 0.2) is 0 Å². The molecule has 0 aliphatic carbocycles. The molecule has 40 valence electrons. The van der Waals surface area contributed by atoms with Crippen molar-refractivity contribution in [3.63, 3.8) is 0 Å². The summed E-state index contributed by atoms with van der Waals surface area (Å²) in [7, 11) is 1.80. The first-order valence-corrected chi connectivity index (χ1v) is 2.17. The van der Waals surface area contributed by atoms with Crippen molar-refractivity contribution >= 4 is 0 Å². The second-order valence-electron chi connectivity index (χ2n) is 1.49. The Hall–Kier alpha value is -1.30. The topological polar surface area (TPSA) is 40.8 Å². The molecule has 0 amide bonds. The van der Waals surface area contributed by atoms with E-state index in [2.05, 4.69) is 0 Å². The Bertz CT molecular complexity index is 221. The highest BCUT2D eigenvalue weighted by molar-refractivity contribution is 5.07. The van der Waals surface area contributed by atoms with Gasteiger partial charge in [-0.05, 0) is 0 Å². The summed E-state index contributed by atoms with van der Waals surface area (Å²) >= 11 is 0. The van der Waals surface area contributed by atoms with E-state index in [1.165, 1.54) is 6.39 Å². The van der Waals surface area contributed by atoms with Crippen molar-refractivity contribution in [1.82, 2.24) is 0 Å². The van der Waals surface area contributed by atoms with Crippen molar-refractivity contribution in [2.45, 2.75) is 0 Å². The van der Waals surface area contributed by atoms with Crippen molar-refractivity contribution < 1.29 is 8.98 Å². The van der Waals surface area contributed by atoms with Crippen LogP contribution in [-0.4, -0.2) is 0 Å². The molecule has 1 rings (SSSR count). The van der Waals surface area contributed by atoms with Gasteiger partial charge in [-0.3, -0.25) is 0 Å². The highest BCUT2D eigenvalue weighted by Crippen LogP contribution is 1.87. The van der Waals surface area contributed by atoms with Crippen LogP contribution in [0.3, 0.4) is 0 Å². The van der Waals surface area contributed by atoms with Crippen LogP contribution in [0.5, 0.6) is 0 Å². The average molecular weight is 109 g/mol. The largest absolute Gasteiger partial charge is 0.393 e. The van der Waals surface area contributed by atoms with Gasteiger partial charge in [0.1, 0.15) is 13.1 Å². The minimum absolute atomic E-state index is 0.340. The summed E-state index contributed by atoms with van der Waals surface area (Å²) in [4.78, 5) is 0. The van der Waals surface area contributed by atoms with E-state index in [0.29, 0.717) is 5.76 Å². The van der Waals surface area contributed by atoms with Gasteiger partial charge in [-0.25, -0.2) is 0 Å². The molecule has 0 radical (unpaired) electrons. The molecule has 0 aliphatic rings. The predicted molar refractivity (Wildman–Crippen MR) is 24.6 cm³/mol. The van der Waals surface area contributed by atoms with Crippen LogP contribution >= 0.6 is 0 Å². The summed E-state index contributed by atoms with van der Waals surface area (Å²) < 4.78 is 6.39. The number of nitriles is 1. The molecule has 3 heteroatoms. The maximum atomic E-state index is 8.19. The quantitative estimate of drug-likeness (QED) is 0.439. The normalized spacial score (nSPS) is 8.50. The minimum atomic E-state index is 0.340. The number of hydrogen-bond acceptors (Lipinski definition) is 2. The molecule has 0 fully saturated rings. The van der Waals surface area contributed by atoms with Crippen LogP contribution in [0.15, 0.2) is 17.0 Å². The summed E-state index contributed by atoms with van der Waals surface area (Å²) in [5.41, 5.74) is 0. The van der Waals surface area contributed by atoms with E-state index in [1.54, 1.807) is 17.8 Å². The molecule has 0 atom stereocenters. The molecular weight excluding hydrogens is 104 g/mol. The lowest BCUT2D eigenvalue weighted by Gasteiger charge is -1.61. The number of nitrogens with zero attached hydrogens (tertiary/aromatic N) is 2. The smallest absolute Gasteiger partial charge is 0.335 e. The first kappa shape index (κ1) is 4.85. The highest BCUT2D eigenvalue weighted by atomic mass is 16.3. The molecule has 0 N–H and O–H groups in total. The van der Waals surface area contributed by atoms with E-state index in [4.69, 9.17) is 9.68 Å². The molecule has 0 unspecified atom stereocenters. The number of aromatic nitrogens is 1. The van der Waals surface area contributed by atoms with E-state index in [0.717, 1.165) is 0 Å². The van der Waals surface area contributed by atoms with Crippen molar-refractivity contribution in [3.8, 4) is 6.07 Å². The van der Waals surface area contributed by atoms with Crippen LogP contribution < -0.4 is 4.57 Å². The van der Waals surface area contributed by atoms with Gasteiger partial charge in [0.05, 0.1) is 0 Å². The predicted octanol–water partition coefficient (Wildman–Crippen LogP) is -0.0242. The van der Waals surface area contributed by atoms with Crippen molar-refractivity contribution in [3.05, 3.63) is 18.4 Å². The Morgan fingerprint density at radius 2 is 2.62 bits per heavy atom. The lowest BCUT2D eigenvalue weighted by molar-refractivity contribution is -0.674. The zero-order valence-corrected chi connectivity index (χ0v) is 4.46.